The van der Waals surface area contributed by atoms with Crippen molar-refractivity contribution < 1.29 is 23.1 Å². The van der Waals surface area contributed by atoms with Crippen LogP contribution in [0, 0.1) is 12.8 Å². The van der Waals surface area contributed by atoms with Gasteiger partial charge < -0.3 is 15.3 Å². The SMILES string of the molecule is Cc1cc(Nc2nccc(C(F)(F)F)n2)cc(-c2cnc([C@]3(O)CC[C@H](C(=O)N4CCCCC4)CC3)s2)c1. The van der Waals surface area contributed by atoms with Crippen LogP contribution in [0.1, 0.15) is 61.2 Å². The number of piperidine rings is 1. The van der Waals surface area contributed by atoms with E-state index in [0.717, 1.165) is 54.2 Å². The summed E-state index contributed by atoms with van der Waals surface area (Å²) in [6.45, 7) is 3.56. The van der Waals surface area contributed by atoms with Crippen molar-refractivity contribution in [2.45, 2.75) is 63.6 Å². The Labute approximate surface area is 223 Å². The number of nitrogens with zero attached hydrogens (tertiary/aromatic N) is 4. The molecule has 1 aliphatic carbocycles. The van der Waals surface area contributed by atoms with Crippen molar-refractivity contribution in [1.29, 1.82) is 0 Å². The second-order valence-corrected chi connectivity index (χ2v) is 11.2. The Balaban J connectivity index is 1.29. The lowest BCUT2D eigenvalue weighted by Gasteiger charge is -2.37. The largest absolute Gasteiger partial charge is 0.433 e. The van der Waals surface area contributed by atoms with Crippen LogP contribution in [0.5, 0.6) is 0 Å². The summed E-state index contributed by atoms with van der Waals surface area (Å²) in [5.74, 6) is 0.0268. The van der Waals surface area contributed by atoms with E-state index in [4.69, 9.17) is 0 Å². The third-order valence-corrected chi connectivity index (χ3v) is 8.54. The smallest absolute Gasteiger partial charge is 0.383 e. The van der Waals surface area contributed by atoms with Gasteiger partial charge in [-0.15, -0.1) is 11.3 Å². The zero-order valence-electron chi connectivity index (χ0n) is 21.1. The molecule has 3 aromatic rings. The lowest BCUT2D eigenvalue weighted by Crippen LogP contribution is -2.42. The summed E-state index contributed by atoms with van der Waals surface area (Å²) in [4.78, 5) is 27.7. The Bertz CT molecular complexity index is 1300. The van der Waals surface area contributed by atoms with Gasteiger partial charge in [0.1, 0.15) is 16.3 Å². The van der Waals surface area contributed by atoms with Gasteiger partial charge in [-0.25, -0.2) is 15.0 Å². The van der Waals surface area contributed by atoms with E-state index in [2.05, 4.69) is 20.3 Å². The summed E-state index contributed by atoms with van der Waals surface area (Å²) in [5.41, 5.74) is 0.168. The Morgan fingerprint density at radius 1 is 1.13 bits per heavy atom. The standard InChI is InChI=1S/C27H30F3N5O2S/c1-17-13-19(15-20(14-17)33-25-31-10-7-22(34-25)27(28,29)30)21-16-32-24(38-21)26(37)8-5-18(6-9-26)23(36)35-11-3-2-4-12-35/h7,10,13-16,18,37H,2-6,8-9,11-12H2,1H3,(H,31,33,34)/t18-,26-. The van der Waals surface area contributed by atoms with E-state index in [9.17, 15) is 23.1 Å². The molecule has 1 saturated heterocycles. The second kappa shape index (κ2) is 10.6. The highest BCUT2D eigenvalue weighted by molar-refractivity contribution is 7.15. The molecule has 2 N–H and O–H groups in total. The third-order valence-electron chi connectivity index (χ3n) is 7.30. The summed E-state index contributed by atoms with van der Waals surface area (Å²) in [6.07, 6.45) is 3.76. The van der Waals surface area contributed by atoms with E-state index >= 15 is 0 Å². The number of aryl methyl sites for hydroxylation is 1. The molecular formula is C27H30F3N5O2S. The number of nitrogens with one attached hydrogen (secondary N) is 1. The highest BCUT2D eigenvalue weighted by Gasteiger charge is 2.40. The zero-order chi connectivity index (χ0) is 26.9. The van der Waals surface area contributed by atoms with E-state index in [0.29, 0.717) is 36.4 Å². The molecule has 202 valence electrons. The predicted octanol–water partition coefficient (Wildman–Crippen LogP) is 6.06. The highest BCUT2D eigenvalue weighted by atomic mass is 32.1. The van der Waals surface area contributed by atoms with Crippen LogP contribution in [-0.2, 0) is 16.6 Å². The van der Waals surface area contributed by atoms with Gasteiger partial charge in [0.05, 0.1) is 4.88 Å². The van der Waals surface area contributed by atoms with Gasteiger partial charge in [-0.3, -0.25) is 4.79 Å². The van der Waals surface area contributed by atoms with E-state index in [-0.39, 0.29) is 17.8 Å². The molecular weight excluding hydrogens is 515 g/mol. The van der Waals surface area contributed by atoms with Crippen LogP contribution < -0.4 is 5.32 Å². The van der Waals surface area contributed by atoms with Crippen molar-refractivity contribution in [3.63, 3.8) is 0 Å². The molecule has 0 bridgehead atoms. The normalized spacial score (nSPS) is 22.3. The molecule has 1 aliphatic heterocycles. The number of halogens is 3. The molecule has 0 atom stereocenters. The van der Waals surface area contributed by atoms with E-state index in [1.54, 1.807) is 18.3 Å². The van der Waals surface area contributed by atoms with Crippen LogP contribution in [0.2, 0.25) is 0 Å². The second-order valence-electron chi connectivity index (χ2n) is 10.2. The number of likely N-dealkylation sites (tertiary alicyclic amines) is 1. The van der Waals surface area contributed by atoms with Crippen LogP contribution in [-0.4, -0.2) is 44.0 Å². The number of alkyl halides is 3. The Kier molecular flexibility index (Phi) is 7.41. The first-order chi connectivity index (χ1) is 18.1. The van der Waals surface area contributed by atoms with Gasteiger partial charge in [-0.2, -0.15) is 13.2 Å². The number of hydrogen-bond donors (Lipinski definition) is 2. The number of carbonyl (C=O) groups is 1. The molecule has 11 heteroatoms. The van der Waals surface area contributed by atoms with Gasteiger partial charge in [0, 0.05) is 37.1 Å². The van der Waals surface area contributed by atoms with Crippen LogP contribution in [0.4, 0.5) is 24.8 Å². The number of amides is 1. The fourth-order valence-corrected chi connectivity index (χ4v) is 6.30. The van der Waals surface area contributed by atoms with E-state index in [1.807, 2.05) is 17.9 Å². The van der Waals surface area contributed by atoms with Crippen molar-refractivity contribution >= 4 is 28.9 Å². The topological polar surface area (TPSA) is 91.2 Å². The van der Waals surface area contributed by atoms with Gasteiger partial charge in [-0.05, 0) is 81.2 Å². The molecule has 7 nitrogen and oxygen atoms in total. The Morgan fingerprint density at radius 3 is 2.58 bits per heavy atom. The number of hydrogen-bond acceptors (Lipinski definition) is 7. The summed E-state index contributed by atoms with van der Waals surface area (Å²) in [7, 11) is 0. The van der Waals surface area contributed by atoms with E-state index in [1.165, 1.54) is 17.8 Å². The minimum Gasteiger partial charge on any atom is -0.383 e. The number of anilines is 2. The minimum atomic E-state index is -4.56. The summed E-state index contributed by atoms with van der Waals surface area (Å²) >= 11 is 1.39. The molecule has 2 fully saturated rings. The molecule has 0 unspecified atom stereocenters. The summed E-state index contributed by atoms with van der Waals surface area (Å²) in [5, 5.41) is 14.9. The maximum Gasteiger partial charge on any atom is 0.433 e. The molecule has 1 amide bonds. The maximum atomic E-state index is 13.0. The average molecular weight is 546 g/mol. The first kappa shape index (κ1) is 26.6. The van der Waals surface area contributed by atoms with Gasteiger partial charge >= 0.3 is 6.18 Å². The molecule has 0 spiro atoms. The number of aromatic nitrogens is 3. The predicted molar refractivity (Wildman–Crippen MR) is 139 cm³/mol. The number of carbonyl (C=O) groups excluding carboxylic acids is 1. The fraction of sp³-hybridized carbons (Fsp3) is 0.481. The quantitative estimate of drug-likeness (QED) is 0.405. The summed E-state index contributed by atoms with van der Waals surface area (Å²) in [6, 6.07) is 6.37. The third kappa shape index (κ3) is 5.83. The molecule has 2 aromatic heterocycles. The molecule has 2 aliphatic rings. The van der Waals surface area contributed by atoms with Crippen molar-refractivity contribution in [1.82, 2.24) is 19.9 Å². The Morgan fingerprint density at radius 2 is 1.87 bits per heavy atom. The molecule has 1 aromatic carbocycles. The number of aliphatic hydroxyl groups is 1. The number of thiazole rings is 1. The Hall–Kier alpha value is -3.05. The van der Waals surface area contributed by atoms with Crippen LogP contribution in [0.25, 0.3) is 10.4 Å². The van der Waals surface area contributed by atoms with Crippen molar-refractivity contribution in [2.75, 3.05) is 18.4 Å². The number of benzene rings is 1. The lowest BCUT2D eigenvalue weighted by atomic mass is 9.78. The van der Waals surface area contributed by atoms with Gasteiger partial charge in [0.15, 0.2) is 0 Å². The summed E-state index contributed by atoms with van der Waals surface area (Å²) < 4.78 is 39.1. The van der Waals surface area contributed by atoms with E-state index < -0.39 is 17.5 Å². The molecule has 0 radical (unpaired) electrons. The maximum absolute atomic E-state index is 13.0. The fourth-order valence-electron chi connectivity index (χ4n) is 5.25. The van der Waals surface area contributed by atoms with Gasteiger partial charge in [0.25, 0.3) is 0 Å². The zero-order valence-corrected chi connectivity index (χ0v) is 21.9. The molecule has 1 saturated carbocycles. The molecule has 5 rings (SSSR count). The van der Waals surface area contributed by atoms with Crippen molar-refractivity contribution in [2.24, 2.45) is 5.92 Å². The van der Waals surface area contributed by atoms with Crippen molar-refractivity contribution in [3.05, 3.63) is 52.9 Å². The average Bonchev–Trinajstić information content (AvgIpc) is 3.40. The lowest BCUT2D eigenvalue weighted by molar-refractivity contribution is -0.141. The van der Waals surface area contributed by atoms with Crippen molar-refractivity contribution in [3.8, 4) is 10.4 Å². The van der Waals surface area contributed by atoms with Gasteiger partial charge in [0.2, 0.25) is 11.9 Å². The van der Waals surface area contributed by atoms with Crippen LogP contribution in [0.15, 0.2) is 36.7 Å². The van der Waals surface area contributed by atoms with Crippen LogP contribution in [0.3, 0.4) is 0 Å². The monoisotopic (exact) mass is 545 g/mol. The van der Waals surface area contributed by atoms with Crippen LogP contribution >= 0.6 is 11.3 Å². The molecule has 38 heavy (non-hydrogen) atoms. The first-order valence-corrected chi connectivity index (χ1v) is 13.7. The van der Waals surface area contributed by atoms with Gasteiger partial charge in [-0.1, -0.05) is 6.07 Å². The first-order valence-electron chi connectivity index (χ1n) is 12.9. The molecule has 3 heterocycles. The minimum absolute atomic E-state index is 0.0451. The number of rotatable bonds is 5. The highest BCUT2D eigenvalue weighted by Crippen LogP contribution is 2.43.